The van der Waals surface area contributed by atoms with E-state index in [1.807, 2.05) is 18.2 Å². The van der Waals surface area contributed by atoms with E-state index in [1.54, 1.807) is 18.3 Å². The molecule has 0 radical (unpaired) electrons. The Hall–Kier alpha value is -3.07. The van der Waals surface area contributed by atoms with Crippen molar-refractivity contribution in [3.8, 4) is 0 Å². The van der Waals surface area contributed by atoms with Gasteiger partial charge >= 0.3 is 0 Å². The average molecular weight is 463 g/mol. The highest BCUT2D eigenvalue weighted by Gasteiger charge is 2.23. The summed E-state index contributed by atoms with van der Waals surface area (Å²) >= 11 is 0. The van der Waals surface area contributed by atoms with Crippen molar-refractivity contribution in [2.45, 2.75) is 58.2 Å². The SMILES string of the molecule is CCCN(CCC)C(O)C1=Cc2ccc(C(=O)Nc3cnc4c(c3)C(N)CC4)cc2N=C(N)C1. The van der Waals surface area contributed by atoms with E-state index in [1.165, 1.54) is 0 Å². The van der Waals surface area contributed by atoms with Crippen LogP contribution in [0.3, 0.4) is 0 Å². The number of benzene rings is 1. The second kappa shape index (κ2) is 10.5. The molecule has 0 fully saturated rings. The number of anilines is 1. The molecule has 2 aliphatic rings. The number of rotatable bonds is 8. The van der Waals surface area contributed by atoms with E-state index in [-0.39, 0.29) is 11.9 Å². The molecule has 0 saturated carbocycles. The molecule has 1 aliphatic heterocycles. The number of pyridine rings is 1. The van der Waals surface area contributed by atoms with Gasteiger partial charge < -0.3 is 21.9 Å². The molecule has 1 aromatic heterocycles. The van der Waals surface area contributed by atoms with Crippen LogP contribution in [0.15, 0.2) is 41.0 Å². The van der Waals surface area contributed by atoms with Gasteiger partial charge in [0.25, 0.3) is 5.91 Å². The highest BCUT2D eigenvalue weighted by molar-refractivity contribution is 6.05. The quantitative estimate of drug-likeness (QED) is 0.444. The Balaban J connectivity index is 1.56. The molecule has 6 N–H and O–H groups in total. The molecule has 1 amide bonds. The number of amides is 1. The summed E-state index contributed by atoms with van der Waals surface area (Å²) in [5.41, 5.74) is 17.7. The van der Waals surface area contributed by atoms with Gasteiger partial charge in [0.2, 0.25) is 0 Å². The summed E-state index contributed by atoms with van der Waals surface area (Å²) in [6.07, 6.45) is 6.92. The number of carbonyl (C=O) groups is 1. The second-order valence-corrected chi connectivity index (χ2v) is 9.04. The fourth-order valence-electron chi connectivity index (χ4n) is 4.65. The Kier molecular flexibility index (Phi) is 7.41. The van der Waals surface area contributed by atoms with Gasteiger partial charge in [0.1, 0.15) is 12.1 Å². The molecule has 2 aromatic rings. The number of amidine groups is 1. The monoisotopic (exact) mass is 462 g/mol. The van der Waals surface area contributed by atoms with Crippen molar-refractivity contribution >= 4 is 29.2 Å². The molecule has 180 valence electrons. The zero-order valence-electron chi connectivity index (χ0n) is 19.9. The predicted octanol–water partition coefficient (Wildman–Crippen LogP) is 3.50. The summed E-state index contributed by atoms with van der Waals surface area (Å²) < 4.78 is 0. The molecular weight excluding hydrogens is 428 g/mol. The molecule has 0 bridgehead atoms. The number of nitrogens with zero attached hydrogens (tertiary/aromatic N) is 3. The van der Waals surface area contributed by atoms with Crippen LogP contribution in [-0.2, 0) is 6.42 Å². The van der Waals surface area contributed by atoms with E-state index in [2.05, 4.69) is 34.0 Å². The van der Waals surface area contributed by atoms with Crippen LogP contribution in [-0.4, -0.2) is 46.1 Å². The van der Waals surface area contributed by atoms with Crippen LogP contribution in [0.2, 0.25) is 0 Å². The van der Waals surface area contributed by atoms with Crippen LogP contribution in [0, 0.1) is 0 Å². The maximum absolute atomic E-state index is 12.9. The van der Waals surface area contributed by atoms with Gasteiger partial charge in [-0.05, 0) is 61.1 Å². The molecule has 4 rings (SSSR count). The van der Waals surface area contributed by atoms with E-state index in [0.717, 1.165) is 61.2 Å². The molecule has 1 aliphatic carbocycles. The average Bonchev–Trinajstić information content (AvgIpc) is 3.09. The summed E-state index contributed by atoms with van der Waals surface area (Å²) in [5.74, 6) is 0.154. The lowest BCUT2D eigenvalue weighted by Gasteiger charge is -2.28. The van der Waals surface area contributed by atoms with Crippen molar-refractivity contribution < 1.29 is 9.90 Å². The lowest BCUT2D eigenvalue weighted by molar-refractivity contribution is 0.0323. The summed E-state index contributed by atoms with van der Waals surface area (Å²) in [5, 5.41) is 13.9. The Morgan fingerprint density at radius 2 is 2.03 bits per heavy atom. The number of carbonyl (C=O) groups excluding carboxylic acids is 1. The topological polar surface area (TPSA) is 130 Å². The smallest absolute Gasteiger partial charge is 0.255 e. The zero-order chi connectivity index (χ0) is 24.2. The first-order valence-corrected chi connectivity index (χ1v) is 12.0. The molecule has 34 heavy (non-hydrogen) atoms. The summed E-state index contributed by atoms with van der Waals surface area (Å²) in [4.78, 5) is 24.0. The first-order chi connectivity index (χ1) is 16.4. The third-order valence-corrected chi connectivity index (χ3v) is 6.34. The van der Waals surface area contributed by atoms with Crippen molar-refractivity contribution in [2.24, 2.45) is 16.5 Å². The Labute approximate surface area is 200 Å². The molecule has 2 heterocycles. The molecule has 0 spiro atoms. The van der Waals surface area contributed by atoms with Crippen molar-refractivity contribution in [3.05, 3.63) is 58.4 Å². The lowest BCUT2D eigenvalue weighted by Crippen LogP contribution is -2.38. The number of aromatic nitrogens is 1. The second-order valence-electron chi connectivity index (χ2n) is 9.04. The van der Waals surface area contributed by atoms with Gasteiger partial charge in [0, 0.05) is 42.4 Å². The van der Waals surface area contributed by atoms with Gasteiger partial charge in [-0.2, -0.15) is 0 Å². The summed E-state index contributed by atoms with van der Waals surface area (Å²) in [6, 6.07) is 7.21. The predicted molar refractivity (Wildman–Crippen MR) is 136 cm³/mol. The van der Waals surface area contributed by atoms with Crippen LogP contribution in [0.1, 0.15) is 72.8 Å². The number of nitrogens with one attached hydrogen (secondary N) is 1. The summed E-state index contributed by atoms with van der Waals surface area (Å²) in [7, 11) is 0. The number of hydrogen-bond donors (Lipinski definition) is 4. The van der Waals surface area contributed by atoms with Crippen LogP contribution >= 0.6 is 0 Å². The standard InChI is InChI=1S/C26H34N6O2/c1-3-9-32(10-4-2)26(34)18-11-16-5-6-17(12-23(16)31-24(28)13-18)25(33)30-19-14-20-21(27)7-8-22(20)29-15-19/h5-6,11-12,14-15,21,26,34H,3-4,7-10,13,27H2,1-2H3,(H2,28,31)(H,30,33). The number of hydrogen-bond acceptors (Lipinski definition) is 7. The van der Waals surface area contributed by atoms with Crippen molar-refractivity contribution in [1.29, 1.82) is 0 Å². The normalized spacial score (nSPS) is 18.0. The maximum Gasteiger partial charge on any atom is 0.255 e. The molecular formula is C26H34N6O2. The van der Waals surface area contributed by atoms with Gasteiger partial charge in [-0.1, -0.05) is 19.9 Å². The fourth-order valence-corrected chi connectivity index (χ4v) is 4.65. The maximum atomic E-state index is 12.9. The highest BCUT2D eigenvalue weighted by Crippen LogP contribution is 2.31. The van der Waals surface area contributed by atoms with E-state index in [0.29, 0.717) is 29.2 Å². The summed E-state index contributed by atoms with van der Waals surface area (Å²) in [6.45, 7) is 5.80. The van der Waals surface area contributed by atoms with Crippen molar-refractivity contribution in [1.82, 2.24) is 9.88 Å². The molecule has 2 unspecified atom stereocenters. The third kappa shape index (κ3) is 5.19. The van der Waals surface area contributed by atoms with Crippen LogP contribution < -0.4 is 16.8 Å². The van der Waals surface area contributed by atoms with Crippen molar-refractivity contribution in [3.63, 3.8) is 0 Å². The number of nitrogens with two attached hydrogens (primary N) is 2. The zero-order valence-corrected chi connectivity index (χ0v) is 19.9. The van der Waals surface area contributed by atoms with E-state index < -0.39 is 6.23 Å². The lowest BCUT2D eigenvalue weighted by atomic mass is 10.0. The molecule has 8 nitrogen and oxygen atoms in total. The van der Waals surface area contributed by atoms with Gasteiger partial charge in [-0.3, -0.25) is 14.7 Å². The Morgan fingerprint density at radius 1 is 1.26 bits per heavy atom. The van der Waals surface area contributed by atoms with E-state index >= 15 is 0 Å². The first-order valence-electron chi connectivity index (χ1n) is 12.0. The minimum Gasteiger partial charge on any atom is -0.387 e. The Morgan fingerprint density at radius 3 is 2.76 bits per heavy atom. The van der Waals surface area contributed by atoms with Crippen LogP contribution in [0.4, 0.5) is 11.4 Å². The van der Waals surface area contributed by atoms with Crippen LogP contribution in [0.25, 0.3) is 6.08 Å². The number of aliphatic hydroxyl groups excluding tert-OH is 1. The van der Waals surface area contributed by atoms with Crippen LogP contribution in [0.5, 0.6) is 0 Å². The highest BCUT2D eigenvalue weighted by atomic mass is 16.3. The third-order valence-electron chi connectivity index (χ3n) is 6.34. The van der Waals surface area contributed by atoms with Gasteiger partial charge in [0.05, 0.1) is 17.6 Å². The number of fused-ring (bicyclic) bond motifs is 2. The minimum absolute atomic E-state index is 0.0360. The number of aliphatic hydroxyl groups is 1. The van der Waals surface area contributed by atoms with E-state index in [4.69, 9.17) is 11.5 Å². The molecule has 1 aromatic carbocycles. The first kappa shape index (κ1) is 24.1. The minimum atomic E-state index is -0.721. The van der Waals surface area contributed by atoms with Crippen molar-refractivity contribution in [2.75, 3.05) is 18.4 Å². The van der Waals surface area contributed by atoms with E-state index in [9.17, 15) is 9.90 Å². The van der Waals surface area contributed by atoms with Gasteiger partial charge in [-0.15, -0.1) is 0 Å². The fraction of sp³-hybridized carbons (Fsp3) is 0.423. The molecule has 2 atom stereocenters. The number of aryl methyl sites for hydroxylation is 1. The Bertz CT molecular complexity index is 1120. The molecule has 0 saturated heterocycles. The molecule has 8 heteroatoms. The largest absolute Gasteiger partial charge is 0.387 e. The number of aliphatic imine (C=N–C) groups is 1. The van der Waals surface area contributed by atoms with Gasteiger partial charge in [-0.25, -0.2) is 4.99 Å². The van der Waals surface area contributed by atoms with Gasteiger partial charge in [0.15, 0.2) is 0 Å².